The molecule has 0 aromatic carbocycles. The van der Waals surface area contributed by atoms with E-state index >= 15 is 0 Å². The molecule has 3 aromatic rings. The smallest absolute Gasteiger partial charge is 0.225 e. The lowest BCUT2D eigenvalue weighted by Gasteiger charge is -2.08. The zero-order chi connectivity index (χ0) is 15.6. The van der Waals surface area contributed by atoms with Crippen molar-refractivity contribution in [2.75, 3.05) is 13.2 Å². The molecule has 0 spiro atoms. The van der Waals surface area contributed by atoms with Gasteiger partial charge in [0, 0.05) is 6.61 Å². The minimum Gasteiger partial charge on any atom is -0.381 e. The largest absolute Gasteiger partial charge is 0.381 e. The number of hydrogen-bond acceptors (Lipinski definition) is 6. The van der Waals surface area contributed by atoms with Gasteiger partial charge < -0.3 is 10.1 Å². The highest BCUT2D eigenvalue weighted by atomic mass is 32.1. The summed E-state index contributed by atoms with van der Waals surface area (Å²) in [6.07, 6.45) is 0.771. The second kappa shape index (κ2) is 6.05. The van der Waals surface area contributed by atoms with Crippen LogP contribution in [0.5, 0.6) is 0 Å². The number of nitrogens with zero attached hydrogens (tertiary/aromatic N) is 4. The van der Waals surface area contributed by atoms with Gasteiger partial charge in [-0.25, -0.2) is 0 Å². The van der Waals surface area contributed by atoms with Crippen LogP contribution in [0.1, 0.15) is 12.2 Å². The Morgan fingerprint density at radius 3 is 3.13 bits per heavy atom. The van der Waals surface area contributed by atoms with Crippen molar-refractivity contribution >= 4 is 22.9 Å². The van der Waals surface area contributed by atoms with E-state index in [1.54, 1.807) is 15.9 Å². The van der Waals surface area contributed by atoms with E-state index in [1.807, 2.05) is 29.6 Å². The van der Waals surface area contributed by atoms with Gasteiger partial charge in [-0.05, 0) is 30.0 Å². The number of carbonyl (C=O) groups excluding carboxylic acids is 1. The number of fused-ring (bicyclic) bond motifs is 1. The Morgan fingerprint density at radius 1 is 1.39 bits per heavy atom. The van der Waals surface area contributed by atoms with Gasteiger partial charge in [0.15, 0.2) is 11.5 Å². The maximum atomic E-state index is 12.1. The van der Waals surface area contributed by atoms with E-state index in [2.05, 4.69) is 20.6 Å². The fourth-order valence-electron chi connectivity index (χ4n) is 2.55. The van der Waals surface area contributed by atoms with Gasteiger partial charge >= 0.3 is 0 Å². The molecule has 1 amide bonds. The average Bonchev–Trinajstić information content (AvgIpc) is 3.33. The van der Waals surface area contributed by atoms with Crippen LogP contribution in [0.2, 0.25) is 0 Å². The van der Waals surface area contributed by atoms with E-state index in [4.69, 9.17) is 4.74 Å². The topological polar surface area (TPSA) is 81.4 Å². The Balaban J connectivity index is 1.55. The van der Waals surface area contributed by atoms with Crippen LogP contribution < -0.4 is 5.32 Å². The molecule has 0 radical (unpaired) electrons. The van der Waals surface area contributed by atoms with E-state index in [9.17, 15) is 4.79 Å². The van der Waals surface area contributed by atoms with Crippen molar-refractivity contribution in [2.24, 2.45) is 5.92 Å². The molecular weight excluding hydrogens is 314 g/mol. The van der Waals surface area contributed by atoms with Gasteiger partial charge in [-0.1, -0.05) is 6.07 Å². The first kappa shape index (κ1) is 14.3. The fraction of sp³-hybridized carbons (Fsp3) is 0.333. The van der Waals surface area contributed by atoms with E-state index in [0.29, 0.717) is 31.2 Å². The third-order valence-corrected chi connectivity index (χ3v) is 4.71. The number of carbonyl (C=O) groups is 1. The normalized spacial score (nSPS) is 17.7. The average molecular weight is 329 g/mol. The first-order valence-electron chi connectivity index (χ1n) is 7.42. The van der Waals surface area contributed by atoms with E-state index in [0.717, 1.165) is 17.0 Å². The van der Waals surface area contributed by atoms with Gasteiger partial charge in [-0.2, -0.15) is 9.61 Å². The molecule has 0 saturated carbocycles. The first-order chi connectivity index (χ1) is 11.3. The highest BCUT2D eigenvalue weighted by Gasteiger charge is 2.23. The Kier molecular flexibility index (Phi) is 3.76. The number of amides is 1. The molecule has 23 heavy (non-hydrogen) atoms. The molecule has 1 aliphatic rings. The summed E-state index contributed by atoms with van der Waals surface area (Å²) in [4.78, 5) is 13.1. The molecule has 0 bridgehead atoms. The summed E-state index contributed by atoms with van der Waals surface area (Å²) in [7, 11) is 0. The minimum atomic E-state index is -0.0659. The van der Waals surface area contributed by atoms with Gasteiger partial charge in [0.05, 0.1) is 23.9 Å². The lowest BCUT2D eigenvalue weighted by Crippen LogP contribution is -2.31. The van der Waals surface area contributed by atoms with Crippen molar-refractivity contribution in [1.29, 1.82) is 0 Å². The van der Waals surface area contributed by atoms with Crippen LogP contribution in [-0.4, -0.2) is 38.9 Å². The molecule has 118 valence electrons. The van der Waals surface area contributed by atoms with Crippen LogP contribution in [0.3, 0.4) is 0 Å². The summed E-state index contributed by atoms with van der Waals surface area (Å²) in [6, 6.07) is 7.81. The molecule has 7 nitrogen and oxygen atoms in total. The quantitative estimate of drug-likeness (QED) is 0.784. The van der Waals surface area contributed by atoms with Crippen LogP contribution in [0.25, 0.3) is 16.2 Å². The molecule has 1 saturated heterocycles. The number of rotatable bonds is 4. The standard InChI is InChI=1S/C15H15N5O2S/c21-15(10-5-6-22-9-10)16-8-14-18-17-13-4-3-11(19-20(13)14)12-2-1-7-23-12/h1-4,7,10H,5-6,8-9H2,(H,16,21)/t10-/m0/s1. The van der Waals surface area contributed by atoms with Crippen molar-refractivity contribution in [3.8, 4) is 10.6 Å². The number of thiophene rings is 1. The Hall–Kier alpha value is -2.32. The van der Waals surface area contributed by atoms with E-state index in [-0.39, 0.29) is 11.8 Å². The summed E-state index contributed by atoms with van der Waals surface area (Å²) in [5, 5.41) is 17.7. The molecule has 4 rings (SSSR count). The molecule has 1 fully saturated rings. The zero-order valence-corrected chi connectivity index (χ0v) is 13.1. The van der Waals surface area contributed by atoms with Crippen LogP contribution >= 0.6 is 11.3 Å². The maximum Gasteiger partial charge on any atom is 0.225 e. The second-order valence-electron chi connectivity index (χ2n) is 5.36. The predicted octanol–water partition coefficient (Wildman–Crippen LogP) is 1.51. The third-order valence-electron chi connectivity index (χ3n) is 3.82. The highest BCUT2D eigenvalue weighted by Crippen LogP contribution is 2.22. The maximum absolute atomic E-state index is 12.1. The summed E-state index contributed by atoms with van der Waals surface area (Å²) >= 11 is 1.63. The van der Waals surface area contributed by atoms with Crippen molar-refractivity contribution in [2.45, 2.75) is 13.0 Å². The Morgan fingerprint density at radius 2 is 2.35 bits per heavy atom. The molecule has 0 aliphatic carbocycles. The Bertz CT molecular complexity index is 824. The third kappa shape index (κ3) is 2.82. The molecular formula is C15H15N5O2S. The van der Waals surface area contributed by atoms with Crippen molar-refractivity contribution in [3.05, 3.63) is 35.5 Å². The number of hydrogen-bond donors (Lipinski definition) is 1. The SMILES string of the molecule is O=C(NCc1nnc2ccc(-c3cccs3)nn12)[C@H]1CCOC1. The van der Waals surface area contributed by atoms with Crippen molar-refractivity contribution in [1.82, 2.24) is 25.1 Å². The Labute approximate surface area is 136 Å². The molecule has 1 atom stereocenters. The number of aromatic nitrogens is 4. The summed E-state index contributed by atoms with van der Waals surface area (Å²) in [6.45, 7) is 1.45. The van der Waals surface area contributed by atoms with Crippen molar-refractivity contribution in [3.63, 3.8) is 0 Å². The molecule has 8 heteroatoms. The van der Waals surface area contributed by atoms with Crippen LogP contribution in [0.15, 0.2) is 29.6 Å². The van der Waals surface area contributed by atoms with E-state index < -0.39 is 0 Å². The van der Waals surface area contributed by atoms with Crippen LogP contribution in [0.4, 0.5) is 0 Å². The van der Waals surface area contributed by atoms with Gasteiger partial charge in [-0.15, -0.1) is 21.5 Å². The molecule has 3 aromatic heterocycles. The lowest BCUT2D eigenvalue weighted by atomic mass is 10.1. The summed E-state index contributed by atoms with van der Waals surface area (Å²) in [5.74, 6) is 0.545. The van der Waals surface area contributed by atoms with Gasteiger partial charge in [-0.3, -0.25) is 4.79 Å². The molecule has 4 heterocycles. The van der Waals surface area contributed by atoms with E-state index in [1.165, 1.54) is 0 Å². The summed E-state index contributed by atoms with van der Waals surface area (Å²) < 4.78 is 6.92. The highest BCUT2D eigenvalue weighted by molar-refractivity contribution is 7.13. The zero-order valence-electron chi connectivity index (χ0n) is 12.3. The lowest BCUT2D eigenvalue weighted by molar-refractivity contribution is -0.125. The van der Waals surface area contributed by atoms with Gasteiger partial charge in [0.2, 0.25) is 5.91 Å². The molecule has 1 aliphatic heterocycles. The first-order valence-corrected chi connectivity index (χ1v) is 8.30. The van der Waals surface area contributed by atoms with Crippen LogP contribution in [-0.2, 0) is 16.1 Å². The monoisotopic (exact) mass is 329 g/mol. The predicted molar refractivity (Wildman–Crippen MR) is 84.9 cm³/mol. The molecule has 1 N–H and O–H groups in total. The number of ether oxygens (including phenoxy) is 1. The molecule has 0 unspecified atom stereocenters. The van der Waals surface area contributed by atoms with Gasteiger partial charge in [0.1, 0.15) is 5.69 Å². The van der Waals surface area contributed by atoms with Crippen LogP contribution in [0, 0.1) is 5.92 Å². The second-order valence-corrected chi connectivity index (χ2v) is 6.31. The van der Waals surface area contributed by atoms with Crippen molar-refractivity contribution < 1.29 is 9.53 Å². The minimum absolute atomic E-state index is 0.00587. The number of nitrogens with one attached hydrogen (secondary N) is 1. The van der Waals surface area contributed by atoms with Gasteiger partial charge in [0.25, 0.3) is 0 Å². The fourth-order valence-corrected chi connectivity index (χ4v) is 3.24. The summed E-state index contributed by atoms with van der Waals surface area (Å²) in [5.41, 5.74) is 1.53.